The number of Topliss-reactive ketones (excluding diaryl/α,β-unsaturated/α-hetero) is 1. The van der Waals surface area contributed by atoms with Crippen LogP contribution in [0.3, 0.4) is 0 Å². The van der Waals surface area contributed by atoms with E-state index in [2.05, 4.69) is 26.1 Å². The van der Waals surface area contributed by atoms with Crippen molar-refractivity contribution >= 4 is 5.78 Å². The largest absolute Gasteiger partial charge is 0.310 e. The fourth-order valence-corrected chi connectivity index (χ4v) is 1.74. The molecule has 0 aromatic heterocycles. The third kappa shape index (κ3) is 8.61. The summed E-state index contributed by atoms with van der Waals surface area (Å²) in [6.45, 7) is 8.03. The summed E-state index contributed by atoms with van der Waals surface area (Å²) in [5.41, 5.74) is 0. The molecule has 0 spiro atoms. The quantitative estimate of drug-likeness (QED) is 0.565. The van der Waals surface area contributed by atoms with Crippen LogP contribution in [0.1, 0.15) is 59.3 Å². The molecule has 0 aromatic carbocycles. The molecule has 0 amide bonds. The zero-order valence-electron chi connectivity index (χ0n) is 10.6. The van der Waals surface area contributed by atoms with Crippen LogP contribution in [0.5, 0.6) is 0 Å². The lowest BCUT2D eigenvalue weighted by molar-refractivity contribution is -0.119. The summed E-state index contributed by atoms with van der Waals surface area (Å²) in [5, 5.41) is 3.17. The normalized spacial score (nSPS) is 12.7. The molecule has 0 aromatic rings. The molecule has 0 aliphatic rings. The second kappa shape index (κ2) is 10.2. The van der Waals surface area contributed by atoms with Crippen molar-refractivity contribution in [3.8, 4) is 0 Å². The summed E-state index contributed by atoms with van der Waals surface area (Å²) in [7, 11) is 0. The van der Waals surface area contributed by atoms with Crippen molar-refractivity contribution in [3.05, 3.63) is 0 Å². The van der Waals surface area contributed by atoms with E-state index in [1.807, 2.05) is 0 Å². The minimum absolute atomic E-state index is 0.381. The van der Waals surface area contributed by atoms with Crippen molar-refractivity contribution in [1.29, 1.82) is 0 Å². The van der Waals surface area contributed by atoms with Crippen molar-refractivity contribution < 1.29 is 4.79 Å². The predicted molar refractivity (Wildman–Crippen MR) is 66.1 cm³/mol. The molecule has 0 saturated carbocycles. The highest BCUT2D eigenvalue weighted by molar-refractivity contribution is 5.80. The Labute approximate surface area is 94.8 Å². The monoisotopic (exact) mass is 213 g/mol. The summed E-state index contributed by atoms with van der Waals surface area (Å²) in [4.78, 5) is 11.6. The van der Waals surface area contributed by atoms with E-state index >= 15 is 0 Å². The first-order valence-electron chi connectivity index (χ1n) is 6.46. The molecule has 0 aliphatic carbocycles. The summed E-state index contributed by atoms with van der Waals surface area (Å²) >= 11 is 0. The number of hydrogen-bond acceptors (Lipinski definition) is 2. The Morgan fingerprint density at radius 1 is 1.20 bits per heavy atom. The number of hydrogen-bond donors (Lipinski definition) is 1. The topological polar surface area (TPSA) is 29.1 Å². The van der Waals surface area contributed by atoms with Crippen LogP contribution in [0.15, 0.2) is 0 Å². The Bertz CT molecular complexity index is 157. The Kier molecular flexibility index (Phi) is 9.91. The van der Waals surface area contributed by atoms with Gasteiger partial charge in [-0.3, -0.25) is 4.79 Å². The van der Waals surface area contributed by atoms with E-state index in [0.717, 1.165) is 25.8 Å². The first-order chi connectivity index (χ1) is 7.24. The molecule has 0 radical (unpaired) electrons. The third-order valence-corrected chi connectivity index (χ3v) is 2.81. The summed E-state index contributed by atoms with van der Waals surface area (Å²) in [6.07, 6.45) is 6.71. The summed E-state index contributed by atoms with van der Waals surface area (Å²) in [5.74, 6) is 0.993. The van der Waals surface area contributed by atoms with Gasteiger partial charge in [0.25, 0.3) is 0 Å². The van der Waals surface area contributed by atoms with Crippen LogP contribution in [0.25, 0.3) is 0 Å². The second-order valence-electron chi connectivity index (χ2n) is 4.34. The van der Waals surface area contributed by atoms with Gasteiger partial charge in [-0.2, -0.15) is 0 Å². The Morgan fingerprint density at radius 3 is 2.47 bits per heavy atom. The van der Waals surface area contributed by atoms with Crippen molar-refractivity contribution in [3.63, 3.8) is 0 Å². The number of nitrogens with one attached hydrogen (secondary N) is 1. The SMILES string of the molecule is CCCCC(CC)CC(=O)CNCCC. The molecule has 1 unspecified atom stereocenters. The smallest absolute Gasteiger partial charge is 0.146 e. The molecule has 2 heteroatoms. The molecule has 1 N–H and O–H groups in total. The number of unbranched alkanes of at least 4 members (excludes halogenated alkanes) is 1. The molecule has 90 valence electrons. The molecule has 0 heterocycles. The Balaban J connectivity index is 3.60. The lowest BCUT2D eigenvalue weighted by Crippen LogP contribution is -2.25. The number of carbonyl (C=O) groups is 1. The van der Waals surface area contributed by atoms with Crippen molar-refractivity contribution in [2.75, 3.05) is 13.1 Å². The van der Waals surface area contributed by atoms with Crippen LogP contribution in [-0.4, -0.2) is 18.9 Å². The van der Waals surface area contributed by atoms with E-state index in [4.69, 9.17) is 0 Å². The van der Waals surface area contributed by atoms with Gasteiger partial charge >= 0.3 is 0 Å². The first kappa shape index (κ1) is 14.6. The van der Waals surface area contributed by atoms with Gasteiger partial charge in [0.1, 0.15) is 5.78 Å². The summed E-state index contributed by atoms with van der Waals surface area (Å²) < 4.78 is 0. The van der Waals surface area contributed by atoms with Crippen LogP contribution in [0.4, 0.5) is 0 Å². The van der Waals surface area contributed by atoms with Crippen molar-refractivity contribution in [2.45, 2.75) is 59.3 Å². The zero-order valence-corrected chi connectivity index (χ0v) is 10.6. The number of carbonyl (C=O) groups excluding carboxylic acids is 1. The predicted octanol–water partition coefficient (Wildman–Crippen LogP) is 3.16. The molecule has 0 bridgehead atoms. The molecular formula is C13H27NO. The highest BCUT2D eigenvalue weighted by Gasteiger charge is 2.10. The van der Waals surface area contributed by atoms with Crippen LogP contribution in [-0.2, 0) is 4.79 Å². The van der Waals surface area contributed by atoms with E-state index in [-0.39, 0.29) is 0 Å². The molecule has 0 rings (SSSR count). The molecule has 1 atom stereocenters. The fourth-order valence-electron chi connectivity index (χ4n) is 1.74. The van der Waals surface area contributed by atoms with Crippen LogP contribution in [0.2, 0.25) is 0 Å². The minimum atomic E-state index is 0.381. The van der Waals surface area contributed by atoms with Gasteiger partial charge in [0.2, 0.25) is 0 Å². The van der Waals surface area contributed by atoms with Crippen molar-refractivity contribution in [2.24, 2.45) is 5.92 Å². The van der Waals surface area contributed by atoms with Crippen molar-refractivity contribution in [1.82, 2.24) is 5.32 Å². The van der Waals surface area contributed by atoms with Gasteiger partial charge in [-0.05, 0) is 18.9 Å². The Hall–Kier alpha value is -0.370. The van der Waals surface area contributed by atoms with Crippen LogP contribution >= 0.6 is 0 Å². The molecule has 15 heavy (non-hydrogen) atoms. The first-order valence-corrected chi connectivity index (χ1v) is 6.46. The maximum atomic E-state index is 11.6. The second-order valence-corrected chi connectivity index (χ2v) is 4.34. The Morgan fingerprint density at radius 2 is 1.93 bits per heavy atom. The van der Waals surface area contributed by atoms with Crippen LogP contribution < -0.4 is 5.32 Å². The molecule has 0 fully saturated rings. The van der Waals surface area contributed by atoms with E-state index < -0.39 is 0 Å². The van der Waals surface area contributed by atoms with Gasteiger partial charge in [0, 0.05) is 6.42 Å². The van der Waals surface area contributed by atoms with Gasteiger partial charge in [0.15, 0.2) is 0 Å². The maximum Gasteiger partial charge on any atom is 0.146 e. The van der Waals surface area contributed by atoms with Gasteiger partial charge in [-0.1, -0.05) is 46.5 Å². The average molecular weight is 213 g/mol. The van der Waals surface area contributed by atoms with Gasteiger partial charge in [-0.15, -0.1) is 0 Å². The van der Waals surface area contributed by atoms with Gasteiger partial charge in [-0.25, -0.2) is 0 Å². The molecule has 0 aliphatic heterocycles. The lowest BCUT2D eigenvalue weighted by atomic mass is 9.94. The zero-order chi connectivity index (χ0) is 11.5. The molecule has 0 saturated heterocycles. The van der Waals surface area contributed by atoms with Gasteiger partial charge in [0.05, 0.1) is 6.54 Å². The highest BCUT2D eigenvalue weighted by Crippen LogP contribution is 2.16. The van der Waals surface area contributed by atoms with Crippen LogP contribution in [0, 0.1) is 5.92 Å². The maximum absolute atomic E-state index is 11.6. The standard InChI is InChI=1S/C13H27NO/c1-4-7-8-12(6-3)10-13(15)11-14-9-5-2/h12,14H,4-11H2,1-3H3. The van der Waals surface area contributed by atoms with E-state index in [1.54, 1.807) is 0 Å². The molecule has 2 nitrogen and oxygen atoms in total. The number of rotatable bonds is 10. The molecular weight excluding hydrogens is 186 g/mol. The van der Waals surface area contributed by atoms with E-state index in [9.17, 15) is 4.79 Å². The highest BCUT2D eigenvalue weighted by atomic mass is 16.1. The van der Waals surface area contributed by atoms with E-state index in [1.165, 1.54) is 19.3 Å². The minimum Gasteiger partial charge on any atom is -0.310 e. The van der Waals surface area contributed by atoms with Gasteiger partial charge < -0.3 is 5.32 Å². The fraction of sp³-hybridized carbons (Fsp3) is 0.923. The lowest BCUT2D eigenvalue weighted by Gasteiger charge is -2.13. The number of ketones is 1. The average Bonchev–Trinajstić information content (AvgIpc) is 2.24. The van der Waals surface area contributed by atoms with E-state index in [0.29, 0.717) is 18.2 Å². The third-order valence-electron chi connectivity index (χ3n) is 2.81. The summed E-state index contributed by atoms with van der Waals surface area (Å²) in [6, 6.07) is 0.